The predicted octanol–water partition coefficient (Wildman–Crippen LogP) is 7.52. The third kappa shape index (κ3) is 9.76. The Morgan fingerprint density at radius 3 is 2.09 bits per heavy atom. The molecule has 2 aliphatic heterocycles. The number of aromatic nitrogens is 2. The molecule has 2 aliphatic rings. The highest BCUT2D eigenvalue weighted by molar-refractivity contribution is 8.53. The Bertz CT molecular complexity index is 1920. The molecule has 14 heteroatoms. The number of carbonyl (C=O) groups excluding carboxylic acids is 1. The molecule has 3 heterocycles. The van der Waals surface area contributed by atoms with Crippen LogP contribution in [-0.2, 0) is 24.4 Å². The quantitative estimate of drug-likeness (QED) is 0.0648. The van der Waals surface area contributed by atoms with Gasteiger partial charge in [-0.2, -0.15) is 0 Å². The van der Waals surface area contributed by atoms with Crippen LogP contribution in [0.25, 0.3) is 0 Å². The van der Waals surface area contributed by atoms with E-state index in [9.17, 15) is 14.4 Å². The summed E-state index contributed by atoms with van der Waals surface area (Å²) in [6, 6.07) is 25.8. The van der Waals surface area contributed by atoms with Crippen LogP contribution in [-0.4, -0.2) is 77.0 Å². The van der Waals surface area contributed by atoms with Gasteiger partial charge in [-0.1, -0.05) is 91.6 Å². The fourth-order valence-electron chi connectivity index (χ4n) is 6.80. The summed E-state index contributed by atoms with van der Waals surface area (Å²) in [4.78, 5) is 40.3. The summed E-state index contributed by atoms with van der Waals surface area (Å²) in [6.07, 6.45) is 2.37. The molecule has 6 rings (SSSR count). The smallest absolute Gasteiger partial charge is 0.330 e. The lowest BCUT2D eigenvalue weighted by Gasteiger charge is -2.37. The lowest BCUT2D eigenvalue weighted by Crippen LogP contribution is -2.38. The first-order valence-corrected chi connectivity index (χ1v) is 22.4. The van der Waals surface area contributed by atoms with Crippen molar-refractivity contribution >= 4 is 35.8 Å². The highest BCUT2D eigenvalue weighted by Crippen LogP contribution is 2.58. The predicted molar refractivity (Wildman–Crippen MR) is 220 cm³/mol. The first kappa shape index (κ1) is 41.2. The molecular formula is C41H50N3O8PS2. The molecule has 0 radical (unpaired) electrons. The Kier molecular flexibility index (Phi) is 14.4. The van der Waals surface area contributed by atoms with Gasteiger partial charge < -0.3 is 23.5 Å². The molecule has 2 fully saturated rings. The monoisotopic (exact) mass is 807 g/mol. The van der Waals surface area contributed by atoms with Gasteiger partial charge in [-0.15, -0.1) is 0 Å². The van der Waals surface area contributed by atoms with Crippen LogP contribution in [0.3, 0.4) is 0 Å². The van der Waals surface area contributed by atoms with Crippen LogP contribution in [0.1, 0.15) is 61.6 Å². The zero-order valence-electron chi connectivity index (χ0n) is 32.0. The van der Waals surface area contributed by atoms with E-state index < -0.39 is 42.8 Å². The zero-order chi connectivity index (χ0) is 39.0. The van der Waals surface area contributed by atoms with Gasteiger partial charge in [-0.3, -0.25) is 23.8 Å². The Morgan fingerprint density at radius 2 is 1.51 bits per heavy atom. The van der Waals surface area contributed by atoms with Crippen molar-refractivity contribution in [3.8, 4) is 11.5 Å². The Hall–Kier alpha value is -3.42. The number of nitrogens with one attached hydrogen (secondary N) is 1. The maximum atomic E-state index is 13.2. The van der Waals surface area contributed by atoms with Crippen LogP contribution >= 0.6 is 30.6 Å². The number of ether oxygens (including phenoxy) is 4. The maximum Gasteiger partial charge on any atom is 0.330 e. The molecule has 11 nitrogen and oxygen atoms in total. The van der Waals surface area contributed by atoms with E-state index >= 15 is 0 Å². The van der Waals surface area contributed by atoms with E-state index in [2.05, 4.69) is 21.8 Å². The second-order valence-corrected chi connectivity index (χ2v) is 18.6. The first-order valence-electron chi connectivity index (χ1n) is 18.6. The van der Waals surface area contributed by atoms with Crippen molar-refractivity contribution in [1.29, 1.82) is 0 Å². The van der Waals surface area contributed by atoms with Gasteiger partial charge >= 0.3 is 5.69 Å². The summed E-state index contributed by atoms with van der Waals surface area (Å²) in [5.74, 6) is 2.88. The van der Waals surface area contributed by atoms with Crippen molar-refractivity contribution < 1.29 is 28.3 Å². The van der Waals surface area contributed by atoms with E-state index in [1.165, 1.54) is 16.3 Å². The van der Waals surface area contributed by atoms with E-state index in [1.807, 2.05) is 80.6 Å². The number of methoxy groups -OCH3 is 2. The highest BCUT2D eigenvalue weighted by atomic mass is 32.7. The van der Waals surface area contributed by atoms with Crippen LogP contribution in [0.2, 0.25) is 0 Å². The van der Waals surface area contributed by atoms with Gasteiger partial charge in [0.2, 0.25) is 0 Å². The number of hydrogen-bond donors (Lipinski definition) is 1. The van der Waals surface area contributed by atoms with Crippen molar-refractivity contribution in [3.63, 3.8) is 0 Å². The maximum absolute atomic E-state index is 13.2. The number of aromatic amines is 1. The van der Waals surface area contributed by atoms with E-state index in [0.717, 1.165) is 59.9 Å². The van der Waals surface area contributed by atoms with Gasteiger partial charge in [0.15, 0.2) is 12.6 Å². The van der Waals surface area contributed by atoms with Gasteiger partial charge in [0, 0.05) is 48.7 Å². The molecule has 0 bridgehead atoms. The van der Waals surface area contributed by atoms with Crippen LogP contribution in [0, 0.1) is 12.8 Å². The molecule has 2 saturated heterocycles. The van der Waals surface area contributed by atoms with Crippen molar-refractivity contribution in [1.82, 2.24) is 14.2 Å². The molecule has 1 unspecified atom stereocenters. The Labute approximate surface area is 332 Å². The van der Waals surface area contributed by atoms with Crippen LogP contribution < -0.4 is 20.7 Å². The SMILES string of the molecule is COc1ccc(C(OC[C@H]2O[C@@H](n3cc(C)c(=O)[nH]c3=O)C[C@@H]2OP(SCCSC(=O)C(C)C)N2CCCC2)(c2ccccc2)c2ccc(OC)cc2)cc1. The van der Waals surface area contributed by atoms with Gasteiger partial charge in [0.05, 0.1) is 26.9 Å². The molecule has 4 atom stereocenters. The van der Waals surface area contributed by atoms with Crippen molar-refractivity contribution in [3.05, 3.63) is 128 Å². The number of thioether (sulfide) groups is 1. The third-order valence-electron chi connectivity index (χ3n) is 9.81. The topological polar surface area (TPSA) is 121 Å². The first-order chi connectivity index (χ1) is 26.6. The summed E-state index contributed by atoms with van der Waals surface area (Å²) in [7, 11) is 2.16. The zero-order valence-corrected chi connectivity index (χ0v) is 34.5. The number of benzene rings is 3. The molecule has 0 spiro atoms. The van der Waals surface area contributed by atoms with Crippen molar-refractivity contribution in [2.24, 2.45) is 5.92 Å². The van der Waals surface area contributed by atoms with E-state index in [1.54, 1.807) is 38.7 Å². The number of rotatable bonds is 17. The minimum atomic E-state index is -1.12. The van der Waals surface area contributed by atoms with E-state index in [4.69, 9.17) is 23.5 Å². The average Bonchev–Trinajstić information content (AvgIpc) is 3.89. The summed E-state index contributed by atoms with van der Waals surface area (Å²) >= 11 is 3.12. The van der Waals surface area contributed by atoms with Crippen molar-refractivity contribution in [2.45, 2.75) is 64.1 Å². The Morgan fingerprint density at radius 1 is 0.909 bits per heavy atom. The normalized spacial score (nSPS) is 19.5. The van der Waals surface area contributed by atoms with Crippen LogP contribution in [0.5, 0.6) is 11.5 Å². The van der Waals surface area contributed by atoms with Gasteiger partial charge in [0.1, 0.15) is 29.4 Å². The lowest BCUT2D eigenvalue weighted by atomic mass is 9.80. The molecule has 3 aromatic carbocycles. The number of H-pyrrole nitrogens is 1. The second kappa shape index (κ2) is 19.1. The molecule has 4 aromatic rings. The lowest BCUT2D eigenvalue weighted by molar-refractivity contribution is -0.113. The van der Waals surface area contributed by atoms with Gasteiger partial charge in [-0.25, -0.2) is 4.79 Å². The fraction of sp³-hybridized carbons (Fsp3) is 0.439. The number of aryl methyl sites for hydroxylation is 1. The summed E-state index contributed by atoms with van der Waals surface area (Å²) in [5.41, 5.74) is 1.02. The fourth-order valence-corrected chi connectivity index (χ4v) is 12.2. The van der Waals surface area contributed by atoms with Crippen molar-refractivity contribution in [2.75, 3.05) is 45.4 Å². The molecule has 1 N–H and O–H groups in total. The third-order valence-corrected chi connectivity index (χ3v) is 15.3. The molecule has 0 aliphatic carbocycles. The number of hydrogen-bond acceptors (Lipinski definition) is 11. The number of carbonyl (C=O) groups is 1. The molecule has 0 saturated carbocycles. The summed E-state index contributed by atoms with van der Waals surface area (Å²) < 4.78 is 36.0. The van der Waals surface area contributed by atoms with Gasteiger partial charge in [0.25, 0.3) is 5.56 Å². The van der Waals surface area contributed by atoms with Crippen LogP contribution in [0.4, 0.5) is 0 Å². The molecule has 1 aromatic heterocycles. The summed E-state index contributed by atoms with van der Waals surface area (Å²) in [5, 5.41) is 0.188. The molecule has 294 valence electrons. The van der Waals surface area contributed by atoms with Gasteiger partial charge in [-0.05, 0) is 60.7 Å². The Balaban J connectivity index is 1.36. The van der Waals surface area contributed by atoms with Crippen LogP contribution in [0.15, 0.2) is 94.6 Å². The largest absolute Gasteiger partial charge is 0.497 e. The number of nitrogens with zero attached hydrogens (tertiary/aromatic N) is 2. The molecular weight excluding hydrogens is 758 g/mol. The molecule has 55 heavy (non-hydrogen) atoms. The molecule has 0 amide bonds. The standard InChI is InChI=1S/C41H50N3O8PS2/c1-28(2)39(46)54-23-24-55-53(43-21-9-10-22-43)52-35-25-37(44-26-29(3)38(45)42-40(44)47)51-36(35)27-50-41(30-11-7-6-8-12-30,31-13-17-33(48-4)18-14-31)32-15-19-34(49-5)20-16-32/h6-8,11-20,26,28,35-37H,9-10,21-25,27H2,1-5H3,(H,42,45,47)/t35-,36+,37+,53?/m0/s1. The minimum Gasteiger partial charge on any atom is -0.497 e. The van der Waals surface area contributed by atoms with E-state index in [0.29, 0.717) is 17.7 Å². The minimum absolute atomic E-state index is 0.0153. The average molecular weight is 808 g/mol. The van der Waals surface area contributed by atoms with E-state index in [-0.39, 0.29) is 17.6 Å². The summed E-state index contributed by atoms with van der Waals surface area (Å²) in [6.45, 7) is 7.48. The second-order valence-electron chi connectivity index (χ2n) is 13.9. The highest BCUT2D eigenvalue weighted by Gasteiger charge is 2.44.